The van der Waals surface area contributed by atoms with Gasteiger partial charge in [-0.3, -0.25) is 4.79 Å². The molecular weight excluding hydrogens is 135 g/mol. The van der Waals surface area contributed by atoms with Crippen LogP contribution in [0.5, 0.6) is 0 Å². The fourth-order valence-electron chi connectivity index (χ4n) is 0.258. The van der Waals surface area contributed by atoms with E-state index in [-0.39, 0.29) is 6.29 Å². The minimum atomic E-state index is -4.43. The zero-order valence-electron chi connectivity index (χ0n) is 4.33. The minimum absolute atomic E-state index is 0.118. The lowest BCUT2D eigenvalue weighted by Crippen LogP contribution is -2.14. The molecule has 0 saturated carbocycles. The molecule has 0 radical (unpaired) electrons. The SMILES string of the molecule is N=C(C=O)CC(F)(F)F. The first-order valence-electron chi connectivity index (χ1n) is 2.05. The van der Waals surface area contributed by atoms with Gasteiger partial charge in [0.1, 0.15) is 0 Å². The smallest absolute Gasteiger partial charge is 0.302 e. The monoisotopic (exact) mass is 139 g/mol. The van der Waals surface area contributed by atoms with Gasteiger partial charge in [-0.05, 0) is 0 Å². The van der Waals surface area contributed by atoms with Crippen LogP contribution in [0.1, 0.15) is 6.42 Å². The first-order chi connectivity index (χ1) is 3.95. The summed E-state index contributed by atoms with van der Waals surface area (Å²) in [7, 11) is 0. The number of hydrogen-bond donors (Lipinski definition) is 1. The minimum Gasteiger partial charge on any atom is -0.302 e. The summed E-state index contributed by atoms with van der Waals surface area (Å²) >= 11 is 0. The van der Waals surface area contributed by atoms with Gasteiger partial charge >= 0.3 is 6.18 Å². The molecule has 0 aromatic carbocycles. The van der Waals surface area contributed by atoms with Crippen LogP contribution in [0.4, 0.5) is 13.2 Å². The number of alkyl halides is 3. The molecule has 1 N–H and O–H groups in total. The number of carbonyl (C=O) groups is 1. The van der Waals surface area contributed by atoms with Gasteiger partial charge in [0, 0.05) is 0 Å². The highest BCUT2D eigenvalue weighted by molar-refractivity contribution is 6.26. The summed E-state index contributed by atoms with van der Waals surface area (Å²) in [6.45, 7) is 0. The van der Waals surface area contributed by atoms with Crippen LogP contribution in [0.25, 0.3) is 0 Å². The van der Waals surface area contributed by atoms with Crippen LogP contribution in [0, 0.1) is 5.41 Å². The van der Waals surface area contributed by atoms with Crippen LogP contribution in [0.15, 0.2) is 0 Å². The second-order valence-corrected chi connectivity index (χ2v) is 1.44. The van der Waals surface area contributed by atoms with Gasteiger partial charge in [0.25, 0.3) is 0 Å². The molecule has 0 aliphatic heterocycles. The highest BCUT2D eigenvalue weighted by Crippen LogP contribution is 2.18. The van der Waals surface area contributed by atoms with Crippen molar-refractivity contribution in [3.05, 3.63) is 0 Å². The van der Waals surface area contributed by atoms with E-state index in [1.54, 1.807) is 0 Å². The normalized spacial score (nSPS) is 11.0. The third-order valence-electron chi connectivity index (χ3n) is 0.533. The maximum atomic E-state index is 11.2. The summed E-state index contributed by atoms with van der Waals surface area (Å²) in [5.41, 5.74) is -0.942. The maximum absolute atomic E-state index is 11.2. The summed E-state index contributed by atoms with van der Waals surface area (Å²) in [4.78, 5) is 9.46. The Morgan fingerprint density at radius 2 is 2.00 bits per heavy atom. The molecule has 2 nitrogen and oxygen atoms in total. The Labute approximate surface area is 49.2 Å². The quantitative estimate of drug-likeness (QED) is 0.452. The van der Waals surface area contributed by atoms with Crippen LogP contribution in [0.3, 0.4) is 0 Å². The van der Waals surface area contributed by atoms with Crippen molar-refractivity contribution in [3.8, 4) is 0 Å². The lowest BCUT2D eigenvalue weighted by molar-refractivity contribution is -0.123. The van der Waals surface area contributed by atoms with Crippen molar-refractivity contribution in [2.75, 3.05) is 0 Å². The molecule has 0 unspecified atom stereocenters. The van der Waals surface area contributed by atoms with Crippen LogP contribution in [0.2, 0.25) is 0 Å². The second kappa shape index (κ2) is 2.61. The van der Waals surface area contributed by atoms with Crippen molar-refractivity contribution >= 4 is 12.0 Å². The zero-order chi connectivity index (χ0) is 7.49. The molecule has 0 fully saturated rings. The number of carbonyl (C=O) groups excluding carboxylic acids is 1. The van der Waals surface area contributed by atoms with Crippen molar-refractivity contribution in [1.82, 2.24) is 0 Å². The Morgan fingerprint density at radius 3 is 2.11 bits per heavy atom. The molecular formula is C4H4F3NO. The Hall–Kier alpha value is -0.870. The molecule has 0 aromatic heterocycles. The van der Waals surface area contributed by atoms with Gasteiger partial charge in [0.2, 0.25) is 0 Å². The Balaban J connectivity index is 3.74. The van der Waals surface area contributed by atoms with Crippen molar-refractivity contribution in [3.63, 3.8) is 0 Å². The third-order valence-corrected chi connectivity index (χ3v) is 0.533. The summed E-state index contributed by atoms with van der Waals surface area (Å²) in [6, 6.07) is 0. The molecule has 0 amide bonds. The average molecular weight is 139 g/mol. The van der Waals surface area contributed by atoms with E-state index in [0.29, 0.717) is 0 Å². The molecule has 0 rings (SSSR count). The summed E-state index contributed by atoms with van der Waals surface area (Å²) in [5, 5.41) is 6.30. The average Bonchev–Trinajstić information content (AvgIpc) is 1.62. The van der Waals surface area contributed by atoms with E-state index in [9.17, 15) is 18.0 Å². The fourth-order valence-corrected chi connectivity index (χ4v) is 0.258. The predicted octanol–water partition coefficient (Wildman–Crippen LogP) is 1.16. The molecule has 0 aromatic rings. The van der Waals surface area contributed by atoms with Crippen LogP contribution in [-0.4, -0.2) is 18.2 Å². The molecule has 0 atom stereocenters. The number of rotatable bonds is 2. The van der Waals surface area contributed by atoms with E-state index in [1.807, 2.05) is 0 Å². The number of hydrogen-bond acceptors (Lipinski definition) is 2. The molecule has 0 bridgehead atoms. The van der Waals surface area contributed by atoms with Crippen LogP contribution >= 0.6 is 0 Å². The van der Waals surface area contributed by atoms with Gasteiger partial charge in [-0.2, -0.15) is 13.2 Å². The Kier molecular flexibility index (Phi) is 2.36. The van der Waals surface area contributed by atoms with Gasteiger partial charge in [0.15, 0.2) is 6.29 Å². The van der Waals surface area contributed by atoms with E-state index in [2.05, 4.69) is 0 Å². The molecule has 5 heteroatoms. The molecule has 0 aliphatic carbocycles. The lowest BCUT2D eigenvalue weighted by Gasteiger charge is -2.01. The van der Waals surface area contributed by atoms with E-state index in [4.69, 9.17) is 5.41 Å². The van der Waals surface area contributed by atoms with Gasteiger partial charge in [-0.1, -0.05) is 0 Å². The summed E-state index contributed by atoms with van der Waals surface area (Å²) in [5.74, 6) is 0. The van der Waals surface area contributed by atoms with Gasteiger partial charge in [-0.15, -0.1) is 0 Å². The first-order valence-corrected chi connectivity index (χ1v) is 2.05. The van der Waals surface area contributed by atoms with E-state index in [0.717, 1.165) is 0 Å². The lowest BCUT2D eigenvalue weighted by atomic mass is 10.3. The van der Waals surface area contributed by atoms with Crippen LogP contribution in [-0.2, 0) is 4.79 Å². The maximum Gasteiger partial charge on any atom is 0.394 e. The van der Waals surface area contributed by atoms with E-state index in [1.165, 1.54) is 0 Å². The van der Waals surface area contributed by atoms with Crippen molar-refractivity contribution < 1.29 is 18.0 Å². The van der Waals surface area contributed by atoms with E-state index < -0.39 is 18.3 Å². The largest absolute Gasteiger partial charge is 0.394 e. The molecule has 0 spiro atoms. The predicted molar refractivity (Wildman–Crippen MR) is 24.5 cm³/mol. The molecule has 0 heterocycles. The zero-order valence-corrected chi connectivity index (χ0v) is 4.33. The number of nitrogens with one attached hydrogen (secondary N) is 1. The molecule has 52 valence electrons. The third kappa shape index (κ3) is 4.99. The Morgan fingerprint density at radius 1 is 1.56 bits per heavy atom. The summed E-state index contributed by atoms with van der Waals surface area (Å²) in [6.07, 6.45) is -5.98. The van der Waals surface area contributed by atoms with Crippen molar-refractivity contribution in [2.45, 2.75) is 12.6 Å². The molecule has 0 aliphatic rings. The number of halogens is 3. The van der Waals surface area contributed by atoms with Crippen molar-refractivity contribution in [1.29, 1.82) is 5.41 Å². The second-order valence-electron chi connectivity index (χ2n) is 1.44. The topological polar surface area (TPSA) is 40.9 Å². The molecule has 9 heavy (non-hydrogen) atoms. The van der Waals surface area contributed by atoms with Gasteiger partial charge in [-0.25, -0.2) is 0 Å². The van der Waals surface area contributed by atoms with Gasteiger partial charge in [0.05, 0.1) is 12.1 Å². The highest BCUT2D eigenvalue weighted by Gasteiger charge is 2.28. The van der Waals surface area contributed by atoms with E-state index >= 15 is 0 Å². The standard InChI is InChI=1S/C4H4F3NO/c5-4(6,7)1-3(8)2-9/h2,8H,1H2. The first kappa shape index (κ1) is 8.13. The van der Waals surface area contributed by atoms with Crippen molar-refractivity contribution in [2.24, 2.45) is 0 Å². The highest BCUT2D eigenvalue weighted by atomic mass is 19.4. The summed E-state index contributed by atoms with van der Waals surface area (Å²) < 4.78 is 33.6. The number of aldehydes is 1. The Bertz CT molecular complexity index is 128. The van der Waals surface area contributed by atoms with Crippen LogP contribution < -0.4 is 0 Å². The van der Waals surface area contributed by atoms with Gasteiger partial charge < -0.3 is 5.41 Å². The fraction of sp³-hybridized carbons (Fsp3) is 0.500. The molecule has 0 saturated heterocycles.